The molecule has 0 saturated carbocycles. The van der Waals surface area contributed by atoms with Gasteiger partial charge in [0.2, 0.25) is 0 Å². The van der Waals surface area contributed by atoms with Crippen LogP contribution >= 0.6 is 0 Å². The Morgan fingerprint density at radius 3 is 2.70 bits per heavy atom. The zero-order valence-corrected chi connectivity index (χ0v) is 15.8. The number of carbonyl (C=O) groups is 1. The first-order valence-electron chi connectivity index (χ1n) is 8.85. The third kappa shape index (κ3) is 4.61. The third-order valence-electron chi connectivity index (χ3n) is 4.68. The first-order valence-corrected chi connectivity index (χ1v) is 8.85. The van der Waals surface area contributed by atoms with E-state index < -0.39 is 0 Å². The second-order valence-electron chi connectivity index (χ2n) is 6.57. The minimum absolute atomic E-state index is 0.0368. The maximum Gasteiger partial charge on any atom is 0.260 e. The summed E-state index contributed by atoms with van der Waals surface area (Å²) in [4.78, 5) is 26.0. The average Bonchev–Trinajstić information content (AvgIpc) is 3.13. The van der Waals surface area contributed by atoms with Crippen molar-refractivity contribution in [2.75, 3.05) is 26.8 Å². The second kappa shape index (κ2) is 8.16. The molecule has 1 aliphatic heterocycles. The number of ether oxygens (including phenoxy) is 3. The van der Waals surface area contributed by atoms with Gasteiger partial charge in [-0.05, 0) is 25.1 Å². The van der Waals surface area contributed by atoms with Crippen molar-refractivity contribution >= 4 is 5.91 Å². The largest absolute Gasteiger partial charge is 0.497 e. The number of likely N-dealkylation sites (tertiary alicyclic amines) is 1. The summed E-state index contributed by atoms with van der Waals surface area (Å²) in [6.45, 7) is 2.91. The van der Waals surface area contributed by atoms with Gasteiger partial charge in [-0.25, -0.2) is 0 Å². The molecular weight excluding hydrogens is 348 g/mol. The first kappa shape index (κ1) is 18.8. The van der Waals surface area contributed by atoms with Crippen molar-refractivity contribution in [3.63, 3.8) is 0 Å². The number of methoxy groups -OCH3 is 1. The molecule has 7 nitrogen and oxygen atoms in total. The average molecular weight is 372 g/mol. The van der Waals surface area contributed by atoms with Gasteiger partial charge in [0.1, 0.15) is 23.4 Å². The smallest absolute Gasteiger partial charge is 0.260 e. The molecule has 1 amide bonds. The van der Waals surface area contributed by atoms with Gasteiger partial charge in [-0.15, -0.1) is 0 Å². The van der Waals surface area contributed by atoms with E-state index in [9.17, 15) is 9.59 Å². The predicted octanol–water partition coefficient (Wildman–Crippen LogP) is 1.76. The Hall–Kier alpha value is -2.96. The highest BCUT2D eigenvalue weighted by Crippen LogP contribution is 2.20. The molecule has 1 atom stereocenters. The van der Waals surface area contributed by atoms with Gasteiger partial charge in [0, 0.05) is 37.8 Å². The van der Waals surface area contributed by atoms with E-state index in [0.717, 1.165) is 12.1 Å². The Kier molecular flexibility index (Phi) is 5.69. The third-order valence-corrected chi connectivity index (χ3v) is 4.68. The van der Waals surface area contributed by atoms with Crippen LogP contribution in [0.5, 0.6) is 17.2 Å². The molecule has 2 heterocycles. The van der Waals surface area contributed by atoms with Gasteiger partial charge >= 0.3 is 0 Å². The Balaban J connectivity index is 1.52. The number of carbonyl (C=O) groups excluding carboxylic acids is 1. The van der Waals surface area contributed by atoms with Crippen LogP contribution in [0.4, 0.5) is 0 Å². The highest BCUT2D eigenvalue weighted by Gasteiger charge is 2.28. The van der Waals surface area contributed by atoms with Gasteiger partial charge in [-0.3, -0.25) is 9.59 Å². The fourth-order valence-electron chi connectivity index (χ4n) is 2.98. The van der Waals surface area contributed by atoms with Gasteiger partial charge in [-0.1, -0.05) is 6.07 Å². The van der Waals surface area contributed by atoms with Crippen molar-refractivity contribution in [2.24, 2.45) is 7.05 Å². The number of rotatable bonds is 6. The molecule has 3 rings (SSSR count). The molecule has 1 aliphatic rings. The summed E-state index contributed by atoms with van der Waals surface area (Å²) in [5.74, 6) is 1.72. The lowest BCUT2D eigenvalue weighted by Crippen LogP contribution is -2.34. The lowest BCUT2D eigenvalue weighted by Gasteiger charge is -2.18. The second-order valence-corrected chi connectivity index (χ2v) is 6.57. The van der Waals surface area contributed by atoms with Crippen molar-refractivity contribution in [3.8, 4) is 17.2 Å². The number of nitrogens with zero attached hydrogens (tertiary/aromatic N) is 2. The molecule has 1 saturated heterocycles. The number of benzene rings is 1. The van der Waals surface area contributed by atoms with Gasteiger partial charge in [0.15, 0.2) is 6.61 Å². The fourth-order valence-corrected chi connectivity index (χ4v) is 2.98. The molecule has 0 radical (unpaired) electrons. The van der Waals surface area contributed by atoms with E-state index in [1.807, 2.05) is 25.1 Å². The van der Waals surface area contributed by atoms with Crippen molar-refractivity contribution in [3.05, 3.63) is 52.4 Å². The Morgan fingerprint density at radius 1 is 1.19 bits per heavy atom. The molecule has 1 aromatic carbocycles. The molecular formula is C20H24N2O5. The molecule has 7 heteroatoms. The maximum atomic E-state index is 12.4. The quantitative estimate of drug-likeness (QED) is 0.773. The molecule has 0 spiro atoms. The highest BCUT2D eigenvalue weighted by atomic mass is 16.5. The number of amides is 1. The lowest BCUT2D eigenvalue weighted by atomic mass is 10.3. The SMILES string of the molecule is COc1cccc(OCC(=O)N2CCC(Oc3cc(C)n(C)c(=O)c3)C2)c1. The summed E-state index contributed by atoms with van der Waals surface area (Å²) in [6.07, 6.45) is 0.594. The van der Waals surface area contributed by atoms with E-state index in [0.29, 0.717) is 30.3 Å². The summed E-state index contributed by atoms with van der Waals surface area (Å²) in [6, 6.07) is 10.5. The molecule has 0 bridgehead atoms. The summed E-state index contributed by atoms with van der Waals surface area (Å²) in [5.41, 5.74) is 0.720. The van der Waals surface area contributed by atoms with Crippen molar-refractivity contribution < 1.29 is 19.0 Å². The van der Waals surface area contributed by atoms with Gasteiger partial charge in [-0.2, -0.15) is 0 Å². The zero-order valence-electron chi connectivity index (χ0n) is 15.8. The van der Waals surface area contributed by atoms with Crippen LogP contribution in [0, 0.1) is 6.92 Å². The maximum absolute atomic E-state index is 12.4. The minimum Gasteiger partial charge on any atom is -0.497 e. The van der Waals surface area contributed by atoms with Crippen LogP contribution < -0.4 is 19.8 Å². The summed E-state index contributed by atoms with van der Waals surface area (Å²) in [5, 5.41) is 0. The van der Waals surface area contributed by atoms with Crippen LogP contribution in [0.25, 0.3) is 0 Å². The van der Waals surface area contributed by atoms with Crippen LogP contribution in [-0.2, 0) is 11.8 Å². The minimum atomic E-state index is -0.128. The van der Waals surface area contributed by atoms with Crippen molar-refractivity contribution in [1.82, 2.24) is 9.47 Å². The van der Waals surface area contributed by atoms with Crippen LogP contribution in [0.1, 0.15) is 12.1 Å². The number of hydrogen-bond donors (Lipinski definition) is 0. The van der Waals surface area contributed by atoms with Gasteiger partial charge in [0.25, 0.3) is 11.5 Å². The number of pyridine rings is 1. The first-order chi connectivity index (χ1) is 13.0. The van der Waals surface area contributed by atoms with Gasteiger partial charge < -0.3 is 23.7 Å². The number of aryl methyl sites for hydroxylation is 1. The topological polar surface area (TPSA) is 70.0 Å². The number of aromatic nitrogens is 1. The van der Waals surface area contributed by atoms with Crippen LogP contribution in [0.2, 0.25) is 0 Å². The van der Waals surface area contributed by atoms with E-state index in [-0.39, 0.29) is 24.2 Å². The molecule has 1 unspecified atom stereocenters. The van der Waals surface area contributed by atoms with E-state index in [4.69, 9.17) is 14.2 Å². The number of hydrogen-bond acceptors (Lipinski definition) is 5. The van der Waals surface area contributed by atoms with E-state index in [1.54, 1.807) is 35.8 Å². The molecule has 27 heavy (non-hydrogen) atoms. The van der Waals surface area contributed by atoms with Crippen LogP contribution in [0.3, 0.4) is 0 Å². The standard InChI is InChI=1S/C20H24N2O5/c1-14-9-18(11-19(23)21(14)2)27-17-7-8-22(12-17)20(24)13-26-16-6-4-5-15(10-16)25-3/h4-6,9-11,17H,7-8,12-13H2,1-3H3. The molecule has 1 fully saturated rings. The molecule has 1 aromatic heterocycles. The summed E-state index contributed by atoms with van der Waals surface area (Å²) >= 11 is 0. The predicted molar refractivity (Wildman–Crippen MR) is 101 cm³/mol. The Labute approximate surface area is 158 Å². The Morgan fingerprint density at radius 2 is 1.96 bits per heavy atom. The lowest BCUT2D eigenvalue weighted by molar-refractivity contribution is -0.132. The normalized spacial score (nSPS) is 16.3. The van der Waals surface area contributed by atoms with E-state index in [1.165, 1.54) is 6.07 Å². The zero-order chi connectivity index (χ0) is 19.4. The van der Waals surface area contributed by atoms with Crippen molar-refractivity contribution in [2.45, 2.75) is 19.4 Å². The highest BCUT2D eigenvalue weighted by molar-refractivity contribution is 5.78. The summed E-state index contributed by atoms with van der Waals surface area (Å²) in [7, 11) is 3.30. The summed E-state index contributed by atoms with van der Waals surface area (Å²) < 4.78 is 18.2. The molecule has 0 aliphatic carbocycles. The van der Waals surface area contributed by atoms with E-state index >= 15 is 0 Å². The van der Waals surface area contributed by atoms with Crippen LogP contribution in [0.15, 0.2) is 41.2 Å². The monoisotopic (exact) mass is 372 g/mol. The van der Waals surface area contributed by atoms with E-state index in [2.05, 4.69) is 0 Å². The molecule has 144 valence electrons. The molecule has 0 N–H and O–H groups in total. The van der Waals surface area contributed by atoms with Crippen LogP contribution in [-0.4, -0.2) is 48.3 Å². The molecule has 2 aromatic rings. The van der Waals surface area contributed by atoms with Crippen molar-refractivity contribution in [1.29, 1.82) is 0 Å². The van der Waals surface area contributed by atoms with Gasteiger partial charge in [0.05, 0.1) is 13.7 Å². The fraction of sp³-hybridized carbons (Fsp3) is 0.400. The Bertz CT molecular complexity index is 877.